The van der Waals surface area contributed by atoms with Gasteiger partial charge in [0, 0.05) is 25.7 Å². The normalized spacial score (nSPS) is 16.1. The summed E-state index contributed by atoms with van der Waals surface area (Å²) in [6.07, 6.45) is -4.73. The number of halogens is 4. The average Bonchev–Trinajstić information content (AvgIpc) is 2.81. The third kappa shape index (κ3) is 5.76. The molecule has 0 aliphatic carbocycles. The Bertz CT molecular complexity index is 1310. The number of carbonyl (C=O) groups is 1. The number of sulfone groups is 1. The molecule has 0 saturated carbocycles. The van der Waals surface area contributed by atoms with Crippen LogP contribution in [0.4, 0.5) is 17.6 Å². The first-order valence-electron chi connectivity index (χ1n) is 10.3. The number of carbonyl (C=O) groups excluding carboxylic acids is 1. The molecule has 1 fully saturated rings. The highest BCUT2D eigenvalue weighted by Crippen LogP contribution is 2.34. The van der Waals surface area contributed by atoms with Crippen molar-refractivity contribution in [2.45, 2.75) is 33.7 Å². The fourth-order valence-corrected chi connectivity index (χ4v) is 7.24. The summed E-state index contributed by atoms with van der Waals surface area (Å²) >= 11 is 0. The summed E-state index contributed by atoms with van der Waals surface area (Å²) < 4.78 is 111. The van der Waals surface area contributed by atoms with Gasteiger partial charge < -0.3 is 10.1 Å². The summed E-state index contributed by atoms with van der Waals surface area (Å²) in [7, 11) is -7.75. The number of sulfonamides is 1. The summed E-state index contributed by atoms with van der Waals surface area (Å²) in [5, 5.41) is 1.78. The maximum atomic E-state index is 14.3. The maximum Gasteiger partial charge on any atom is 0.471 e. The summed E-state index contributed by atoms with van der Waals surface area (Å²) in [5.41, 5.74) is 0. The first-order chi connectivity index (χ1) is 16.3. The number of rotatable bonds is 7. The van der Waals surface area contributed by atoms with Crippen LogP contribution in [0.2, 0.25) is 0 Å². The Labute approximate surface area is 199 Å². The van der Waals surface area contributed by atoms with Crippen LogP contribution in [0.3, 0.4) is 0 Å². The van der Waals surface area contributed by atoms with E-state index in [9.17, 15) is 39.2 Å². The topological polar surface area (TPSA) is 110 Å². The molecular weight excluding hydrogens is 516 g/mol. The zero-order valence-electron chi connectivity index (χ0n) is 18.4. The number of amides is 1. The van der Waals surface area contributed by atoms with Gasteiger partial charge in [-0.1, -0.05) is 12.1 Å². The van der Waals surface area contributed by atoms with Gasteiger partial charge in [-0.05, 0) is 43.0 Å². The SMILES string of the molecule is COc1ccc(S(=O)(=O)N2CCC(CNC(=O)C(F)(F)F)CC2)c(S(=O)(=O)c2ccccc2F)c1. The van der Waals surface area contributed by atoms with Crippen molar-refractivity contribution in [1.29, 1.82) is 0 Å². The number of hydrogen-bond acceptors (Lipinski definition) is 6. The number of methoxy groups -OCH3 is 1. The third-order valence-corrected chi connectivity index (χ3v) is 9.48. The maximum absolute atomic E-state index is 14.3. The van der Waals surface area contributed by atoms with E-state index in [1.807, 2.05) is 0 Å². The minimum Gasteiger partial charge on any atom is -0.497 e. The quantitative estimate of drug-likeness (QED) is 0.543. The van der Waals surface area contributed by atoms with E-state index in [0.29, 0.717) is 0 Å². The van der Waals surface area contributed by atoms with Gasteiger partial charge in [-0.3, -0.25) is 4.79 Å². The van der Waals surface area contributed by atoms with Crippen LogP contribution in [0, 0.1) is 11.7 Å². The van der Waals surface area contributed by atoms with Gasteiger partial charge in [-0.2, -0.15) is 17.5 Å². The van der Waals surface area contributed by atoms with Gasteiger partial charge in [0.05, 0.1) is 12.0 Å². The van der Waals surface area contributed by atoms with E-state index < -0.39 is 58.4 Å². The highest BCUT2D eigenvalue weighted by Gasteiger charge is 2.39. The lowest BCUT2D eigenvalue weighted by Gasteiger charge is -2.31. The summed E-state index contributed by atoms with van der Waals surface area (Å²) in [4.78, 5) is 9.06. The zero-order chi connectivity index (χ0) is 26.0. The molecule has 0 spiro atoms. The van der Waals surface area contributed by atoms with Gasteiger partial charge in [-0.25, -0.2) is 21.2 Å². The summed E-state index contributed by atoms with van der Waals surface area (Å²) in [6.45, 7) is -0.498. The molecule has 35 heavy (non-hydrogen) atoms. The average molecular weight is 539 g/mol. The molecule has 14 heteroatoms. The zero-order valence-corrected chi connectivity index (χ0v) is 20.0. The first kappa shape index (κ1) is 26.9. The minimum absolute atomic E-state index is 0.0398. The number of ether oxygens (including phenoxy) is 1. The molecule has 1 heterocycles. The van der Waals surface area contributed by atoms with Crippen LogP contribution in [-0.2, 0) is 24.7 Å². The molecule has 1 amide bonds. The van der Waals surface area contributed by atoms with Crippen LogP contribution >= 0.6 is 0 Å². The lowest BCUT2D eigenvalue weighted by molar-refractivity contribution is -0.173. The number of alkyl halides is 3. The molecule has 0 atom stereocenters. The predicted octanol–water partition coefficient (Wildman–Crippen LogP) is 2.75. The molecule has 192 valence electrons. The van der Waals surface area contributed by atoms with Crippen molar-refractivity contribution < 1.29 is 43.9 Å². The van der Waals surface area contributed by atoms with Crippen LogP contribution in [0.15, 0.2) is 57.2 Å². The van der Waals surface area contributed by atoms with Crippen molar-refractivity contribution in [3.05, 3.63) is 48.3 Å². The lowest BCUT2D eigenvalue weighted by Crippen LogP contribution is -2.44. The molecule has 0 radical (unpaired) electrons. The minimum atomic E-state index is -5.02. The van der Waals surface area contributed by atoms with E-state index >= 15 is 0 Å². The van der Waals surface area contributed by atoms with Gasteiger partial charge >= 0.3 is 12.1 Å². The summed E-state index contributed by atoms with van der Waals surface area (Å²) in [5.74, 6) is -3.49. The van der Waals surface area contributed by atoms with Crippen molar-refractivity contribution in [3.8, 4) is 5.75 Å². The van der Waals surface area contributed by atoms with Crippen molar-refractivity contribution >= 4 is 25.8 Å². The predicted molar refractivity (Wildman–Crippen MR) is 115 cm³/mol. The Hall–Kier alpha value is -2.71. The van der Waals surface area contributed by atoms with Gasteiger partial charge in [0.15, 0.2) is 0 Å². The van der Waals surface area contributed by atoms with Crippen molar-refractivity contribution in [3.63, 3.8) is 0 Å². The van der Waals surface area contributed by atoms with Gasteiger partial charge in [-0.15, -0.1) is 0 Å². The molecular formula is C21H22F4N2O6S2. The lowest BCUT2D eigenvalue weighted by atomic mass is 9.98. The van der Waals surface area contributed by atoms with Crippen LogP contribution in [0.25, 0.3) is 0 Å². The Morgan fingerprint density at radius 3 is 2.23 bits per heavy atom. The molecule has 0 aromatic heterocycles. The fraction of sp³-hybridized carbons (Fsp3) is 0.381. The highest BCUT2D eigenvalue weighted by molar-refractivity contribution is 7.93. The monoisotopic (exact) mass is 538 g/mol. The Balaban J connectivity index is 1.88. The number of benzene rings is 2. The Morgan fingerprint density at radius 2 is 1.66 bits per heavy atom. The molecule has 2 aromatic rings. The Morgan fingerprint density at radius 1 is 1.03 bits per heavy atom. The Kier molecular flexibility index (Phi) is 7.77. The van der Waals surface area contributed by atoms with Crippen LogP contribution in [0.5, 0.6) is 5.75 Å². The molecule has 0 unspecified atom stereocenters. The van der Waals surface area contributed by atoms with Crippen molar-refractivity contribution in [1.82, 2.24) is 9.62 Å². The number of hydrogen-bond donors (Lipinski definition) is 1. The highest BCUT2D eigenvalue weighted by atomic mass is 32.2. The second-order valence-electron chi connectivity index (χ2n) is 7.80. The van der Waals surface area contributed by atoms with E-state index in [4.69, 9.17) is 4.74 Å². The molecule has 1 N–H and O–H groups in total. The smallest absolute Gasteiger partial charge is 0.471 e. The van der Waals surface area contributed by atoms with Gasteiger partial charge in [0.1, 0.15) is 21.4 Å². The van der Waals surface area contributed by atoms with Gasteiger partial charge in [0.2, 0.25) is 19.9 Å². The van der Waals surface area contributed by atoms with Crippen molar-refractivity contribution in [2.24, 2.45) is 5.92 Å². The van der Waals surface area contributed by atoms with Crippen LogP contribution < -0.4 is 10.1 Å². The second kappa shape index (κ2) is 10.1. The first-order valence-corrected chi connectivity index (χ1v) is 13.2. The van der Waals surface area contributed by atoms with E-state index in [1.165, 1.54) is 25.3 Å². The number of piperidine rings is 1. The standard InChI is InChI=1S/C21H22F4N2O6S2/c1-33-15-6-7-18(19(12-15)34(29,30)17-5-3-2-4-16(17)22)35(31,32)27-10-8-14(9-11-27)13-26-20(28)21(23,24)25/h2-7,12,14H,8-11,13H2,1H3,(H,26,28). The largest absolute Gasteiger partial charge is 0.497 e. The van der Waals surface area contributed by atoms with E-state index in [2.05, 4.69) is 0 Å². The van der Waals surface area contributed by atoms with Gasteiger partial charge in [0.25, 0.3) is 0 Å². The molecule has 2 aromatic carbocycles. The molecule has 1 aliphatic heterocycles. The molecule has 1 saturated heterocycles. The van der Waals surface area contributed by atoms with Crippen LogP contribution in [-0.4, -0.2) is 60.0 Å². The second-order valence-corrected chi connectivity index (χ2v) is 11.6. The number of nitrogens with zero attached hydrogens (tertiary/aromatic N) is 1. The fourth-order valence-electron chi connectivity index (χ4n) is 3.65. The van der Waals surface area contributed by atoms with E-state index in [1.54, 1.807) is 5.32 Å². The third-order valence-electron chi connectivity index (χ3n) is 5.57. The number of nitrogens with one attached hydrogen (secondary N) is 1. The van der Waals surface area contributed by atoms with Crippen molar-refractivity contribution in [2.75, 3.05) is 26.7 Å². The van der Waals surface area contributed by atoms with Crippen LogP contribution in [0.1, 0.15) is 12.8 Å². The van der Waals surface area contributed by atoms with E-state index in [-0.39, 0.29) is 38.2 Å². The molecule has 3 rings (SSSR count). The molecule has 1 aliphatic rings. The van der Waals surface area contributed by atoms with E-state index in [0.717, 1.165) is 28.6 Å². The molecule has 0 bridgehead atoms. The molecule has 8 nitrogen and oxygen atoms in total. The summed E-state index contributed by atoms with van der Waals surface area (Å²) in [6, 6.07) is 7.84.